The Balaban J connectivity index is 1.36. The molecule has 2 atom stereocenters. The highest BCUT2D eigenvalue weighted by Gasteiger charge is 2.39. The zero-order valence-corrected chi connectivity index (χ0v) is 24.3. The number of nitrogens with zero attached hydrogens (tertiary/aromatic N) is 3. The van der Waals surface area contributed by atoms with Gasteiger partial charge in [-0.1, -0.05) is 76.8 Å². The average molecular weight is 566 g/mol. The number of hydrogen-bond acceptors (Lipinski definition) is 5. The summed E-state index contributed by atoms with van der Waals surface area (Å²) in [7, 11) is 0. The number of rotatable bonds is 9. The fourth-order valence-electron chi connectivity index (χ4n) is 5.87. The van der Waals surface area contributed by atoms with Gasteiger partial charge in [0.2, 0.25) is 18.2 Å². The molecule has 0 spiro atoms. The Morgan fingerprint density at radius 1 is 1.00 bits per heavy atom. The molecule has 41 heavy (non-hydrogen) atoms. The van der Waals surface area contributed by atoms with Crippen LogP contribution in [0, 0.1) is 17.3 Å². The maximum atomic E-state index is 13.7. The Kier molecular flexibility index (Phi) is 9.86. The molecule has 3 N–H and O–H groups in total. The number of hydroxylamine groups is 2. The van der Waals surface area contributed by atoms with Gasteiger partial charge in [-0.3, -0.25) is 19.6 Å². The number of fused-ring (bicyclic) bond motifs is 1. The Labute approximate surface area is 242 Å². The Morgan fingerprint density at radius 2 is 1.63 bits per heavy atom. The second-order valence-electron chi connectivity index (χ2n) is 12.4. The molecule has 10 nitrogen and oxygen atoms in total. The fourth-order valence-corrected chi connectivity index (χ4v) is 5.87. The van der Waals surface area contributed by atoms with Gasteiger partial charge in [-0.25, -0.2) is 9.86 Å². The second-order valence-corrected chi connectivity index (χ2v) is 12.4. The highest BCUT2D eigenvalue weighted by Crippen LogP contribution is 2.31. The Hall–Kier alpha value is -3.66. The van der Waals surface area contributed by atoms with Crippen LogP contribution in [0.2, 0.25) is 0 Å². The van der Waals surface area contributed by atoms with Gasteiger partial charge in [0.05, 0.1) is 12.5 Å². The first kappa shape index (κ1) is 30.3. The molecule has 2 aromatic rings. The number of carbonyl (C=O) groups excluding carboxylic acids is 4. The molecule has 2 aromatic carbocycles. The van der Waals surface area contributed by atoms with Crippen molar-refractivity contribution in [3.05, 3.63) is 42.5 Å². The van der Waals surface area contributed by atoms with Gasteiger partial charge in [-0.05, 0) is 40.7 Å². The lowest BCUT2D eigenvalue weighted by Crippen LogP contribution is -2.60. The summed E-state index contributed by atoms with van der Waals surface area (Å²) in [5.74, 6) is -0.777. The van der Waals surface area contributed by atoms with Crippen molar-refractivity contribution in [2.45, 2.75) is 58.9 Å². The molecule has 0 bridgehead atoms. The molecule has 1 aliphatic carbocycles. The molecule has 1 heterocycles. The van der Waals surface area contributed by atoms with Crippen molar-refractivity contribution in [3.8, 4) is 0 Å². The Bertz CT molecular complexity index is 1230. The van der Waals surface area contributed by atoms with E-state index in [2.05, 4.69) is 10.6 Å². The lowest BCUT2D eigenvalue weighted by Gasteiger charge is -2.40. The summed E-state index contributed by atoms with van der Waals surface area (Å²) in [6.07, 6.45) is 5.15. The molecule has 2 fully saturated rings. The summed E-state index contributed by atoms with van der Waals surface area (Å²) in [5.41, 5.74) is 0.143. The number of carbonyl (C=O) groups is 4. The minimum Gasteiger partial charge on any atom is -0.344 e. The van der Waals surface area contributed by atoms with Crippen LogP contribution < -0.4 is 10.6 Å². The third-order valence-electron chi connectivity index (χ3n) is 8.27. The molecule has 0 aromatic heterocycles. The van der Waals surface area contributed by atoms with Crippen molar-refractivity contribution >= 4 is 40.7 Å². The van der Waals surface area contributed by atoms with E-state index in [1.54, 1.807) is 9.80 Å². The van der Waals surface area contributed by atoms with E-state index in [0.29, 0.717) is 55.7 Å². The van der Waals surface area contributed by atoms with E-state index in [0.717, 1.165) is 36.5 Å². The predicted octanol–water partition coefficient (Wildman–Crippen LogP) is 4.09. The number of benzene rings is 2. The van der Waals surface area contributed by atoms with Gasteiger partial charge in [-0.15, -0.1) is 0 Å². The zero-order chi connectivity index (χ0) is 29.6. The summed E-state index contributed by atoms with van der Waals surface area (Å²) in [5, 5.41) is 18.4. The van der Waals surface area contributed by atoms with Gasteiger partial charge in [0.25, 0.3) is 0 Å². The summed E-state index contributed by atoms with van der Waals surface area (Å²) < 4.78 is 0. The van der Waals surface area contributed by atoms with Crippen LogP contribution in [0.4, 0.5) is 10.5 Å². The number of hydrogen-bond donors (Lipinski definition) is 3. The van der Waals surface area contributed by atoms with Crippen LogP contribution in [0.1, 0.15) is 52.9 Å². The predicted molar refractivity (Wildman–Crippen MR) is 157 cm³/mol. The topological polar surface area (TPSA) is 122 Å². The molecule has 10 heteroatoms. The van der Waals surface area contributed by atoms with E-state index in [1.807, 2.05) is 63.2 Å². The van der Waals surface area contributed by atoms with E-state index >= 15 is 0 Å². The molecule has 4 rings (SSSR count). The maximum Gasteiger partial charge on any atom is 0.321 e. The molecule has 1 aliphatic heterocycles. The number of piperazine rings is 1. The molecule has 222 valence electrons. The first-order valence-electron chi connectivity index (χ1n) is 14.6. The van der Waals surface area contributed by atoms with Gasteiger partial charge in [0.15, 0.2) is 0 Å². The smallest absolute Gasteiger partial charge is 0.321 e. The average Bonchev–Trinajstić information content (AvgIpc) is 3.47. The molecule has 5 amide bonds. The van der Waals surface area contributed by atoms with Crippen molar-refractivity contribution in [2.75, 3.05) is 38.0 Å². The Morgan fingerprint density at radius 3 is 2.27 bits per heavy atom. The lowest BCUT2D eigenvalue weighted by atomic mass is 9.84. The normalized spacial score (nSPS) is 17.7. The number of nitrogens with one attached hydrogen (secondary N) is 2. The van der Waals surface area contributed by atoms with E-state index in [1.165, 1.54) is 0 Å². The maximum absolute atomic E-state index is 13.7. The van der Waals surface area contributed by atoms with Crippen LogP contribution in [0.5, 0.6) is 0 Å². The highest BCUT2D eigenvalue weighted by atomic mass is 16.5. The fraction of sp³-hybridized carbons (Fsp3) is 0.548. The highest BCUT2D eigenvalue weighted by molar-refractivity contribution is 5.94. The minimum atomic E-state index is -0.789. The zero-order valence-electron chi connectivity index (χ0n) is 24.3. The molecule has 1 unspecified atom stereocenters. The number of amides is 5. The van der Waals surface area contributed by atoms with Crippen molar-refractivity contribution in [1.29, 1.82) is 0 Å². The number of urea groups is 1. The van der Waals surface area contributed by atoms with Gasteiger partial charge >= 0.3 is 6.03 Å². The van der Waals surface area contributed by atoms with Crippen molar-refractivity contribution in [2.24, 2.45) is 17.3 Å². The van der Waals surface area contributed by atoms with Gasteiger partial charge in [-0.2, -0.15) is 0 Å². The molecular formula is C31H43N5O5. The summed E-state index contributed by atoms with van der Waals surface area (Å²) in [4.78, 5) is 54.5. The lowest BCUT2D eigenvalue weighted by molar-refractivity contribution is -0.156. The third kappa shape index (κ3) is 7.97. The van der Waals surface area contributed by atoms with Crippen LogP contribution in [0.3, 0.4) is 0 Å². The van der Waals surface area contributed by atoms with Gasteiger partial charge in [0.1, 0.15) is 6.04 Å². The van der Waals surface area contributed by atoms with E-state index in [-0.39, 0.29) is 24.4 Å². The quantitative estimate of drug-likeness (QED) is 0.240. The number of anilines is 1. The van der Waals surface area contributed by atoms with Crippen molar-refractivity contribution < 1.29 is 24.4 Å². The molecule has 1 saturated heterocycles. The summed E-state index contributed by atoms with van der Waals surface area (Å²) in [6.45, 7) is 7.05. The third-order valence-corrected chi connectivity index (χ3v) is 8.27. The molecular weight excluding hydrogens is 522 g/mol. The SMILES string of the molecule is CC(C)(C)[C@H](NC(=O)C(CC1CCCC1)CN(O)C=O)C(=O)N1CCN(C(=O)Nc2ccc3ccccc3c2)CC1. The van der Waals surface area contributed by atoms with E-state index in [9.17, 15) is 24.4 Å². The van der Waals surface area contributed by atoms with Crippen LogP contribution in [0.15, 0.2) is 42.5 Å². The first-order chi connectivity index (χ1) is 19.5. The van der Waals surface area contributed by atoms with Crippen LogP contribution in [-0.4, -0.2) is 83.1 Å². The first-order valence-corrected chi connectivity index (χ1v) is 14.6. The largest absolute Gasteiger partial charge is 0.344 e. The van der Waals surface area contributed by atoms with Crippen molar-refractivity contribution in [1.82, 2.24) is 20.2 Å². The summed E-state index contributed by atoms with van der Waals surface area (Å²) >= 11 is 0. The van der Waals surface area contributed by atoms with Crippen LogP contribution >= 0.6 is 0 Å². The van der Waals surface area contributed by atoms with Gasteiger partial charge < -0.3 is 20.4 Å². The minimum absolute atomic E-state index is 0.109. The van der Waals surface area contributed by atoms with E-state index < -0.39 is 17.4 Å². The van der Waals surface area contributed by atoms with E-state index in [4.69, 9.17) is 0 Å². The van der Waals surface area contributed by atoms with Crippen molar-refractivity contribution in [3.63, 3.8) is 0 Å². The molecule has 2 aliphatic rings. The standard InChI is InChI=1S/C31H43N5O5/c1-31(2,3)27(33-28(38)25(20-36(41)21-37)18-22-8-4-5-9-22)29(39)34-14-16-35(17-15-34)30(40)32-26-13-12-23-10-6-7-11-24(23)19-26/h6-7,10-13,19,21-22,25,27,41H,4-5,8-9,14-18,20H2,1-3H3,(H,32,40)(H,33,38)/t25?,27-/m1/s1. The molecule has 0 radical (unpaired) electrons. The van der Waals surface area contributed by atoms with Gasteiger partial charge in [0, 0.05) is 31.9 Å². The second kappa shape index (κ2) is 13.3. The summed E-state index contributed by atoms with van der Waals surface area (Å²) in [6, 6.07) is 12.7. The van der Waals surface area contributed by atoms with Crippen LogP contribution in [-0.2, 0) is 14.4 Å². The molecule has 1 saturated carbocycles. The monoisotopic (exact) mass is 565 g/mol. The van der Waals surface area contributed by atoms with Crippen LogP contribution in [0.25, 0.3) is 10.8 Å².